The van der Waals surface area contributed by atoms with E-state index >= 15 is 0 Å². The molecule has 0 saturated carbocycles. The van der Waals surface area contributed by atoms with Gasteiger partial charge < -0.3 is 16.4 Å². The molecule has 0 aliphatic rings. The molecule has 2 aromatic heterocycles. The van der Waals surface area contributed by atoms with Crippen LogP contribution in [0.25, 0.3) is 5.69 Å². The molecule has 0 amide bonds. The summed E-state index contributed by atoms with van der Waals surface area (Å²) in [5, 5.41) is 24.9. The fourth-order valence-corrected chi connectivity index (χ4v) is 3.20. The molecule has 0 fully saturated rings. The lowest BCUT2D eigenvalue weighted by molar-refractivity contribution is 0.583. The number of halogens is 1. The van der Waals surface area contributed by atoms with Crippen LogP contribution in [-0.4, -0.2) is 45.2 Å². The van der Waals surface area contributed by atoms with Crippen LogP contribution in [0.1, 0.15) is 31.0 Å². The Morgan fingerprint density at radius 2 is 2.00 bits per heavy atom. The summed E-state index contributed by atoms with van der Waals surface area (Å²) in [5.41, 5.74) is 8.18. The summed E-state index contributed by atoms with van der Waals surface area (Å²) >= 11 is 0. The Morgan fingerprint density at radius 3 is 2.69 bits per heavy atom. The van der Waals surface area contributed by atoms with Gasteiger partial charge in [0, 0.05) is 38.6 Å². The summed E-state index contributed by atoms with van der Waals surface area (Å²) in [6.07, 6.45) is 6.11. The number of rotatable bonds is 10. The first-order chi connectivity index (χ1) is 15.2. The number of nitrogen functional groups attached to an aromatic ring is 1. The first-order valence-electron chi connectivity index (χ1n) is 10.6. The van der Waals surface area contributed by atoms with Gasteiger partial charge in [-0.1, -0.05) is 18.2 Å². The van der Waals surface area contributed by atoms with E-state index in [1.54, 1.807) is 10.9 Å². The topological polar surface area (TPSA) is 122 Å². The lowest BCUT2D eigenvalue weighted by Gasteiger charge is -2.11. The van der Waals surface area contributed by atoms with Crippen molar-refractivity contribution >= 4 is 35.8 Å². The molecular weight excluding hydrogens is 517 g/mol. The average molecular weight is 547 g/mol. The van der Waals surface area contributed by atoms with Crippen LogP contribution in [0, 0.1) is 11.3 Å². The number of aromatic nitrogens is 4. The summed E-state index contributed by atoms with van der Waals surface area (Å²) < 4.78 is 3.54. The quantitative estimate of drug-likeness (QED) is 0.155. The molecule has 0 saturated heterocycles. The Hall–Kier alpha value is -3.07. The Bertz CT molecular complexity index is 1000. The summed E-state index contributed by atoms with van der Waals surface area (Å²) in [6.45, 7) is 5.11. The predicted molar refractivity (Wildman–Crippen MR) is 137 cm³/mol. The highest BCUT2D eigenvalue weighted by atomic mass is 127. The monoisotopic (exact) mass is 547 g/mol. The summed E-state index contributed by atoms with van der Waals surface area (Å²) in [6, 6.07) is 13.7. The third kappa shape index (κ3) is 6.98. The lowest BCUT2D eigenvalue weighted by atomic mass is 10.1. The maximum atomic E-state index is 9.53. The highest BCUT2D eigenvalue weighted by Crippen LogP contribution is 2.21. The number of anilines is 1. The van der Waals surface area contributed by atoms with Crippen molar-refractivity contribution in [1.82, 2.24) is 30.2 Å². The van der Waals surface area contributed by atoms with Crippen molar-refractivity contribution in [3.05, 3.63) is 60.0 Å². The van der Waals surface area contributed by atoms with Crippen molar-refractivity contribution in [2.45, 2.75) is 32.7 Å². The van der Waals surface area contributed by atoms with E-state index in [1.165, 1.54) is 0 Å². The number of hydrogen-bond acceptors (Lipinski definition) is 5. The number of aliphatic imine (C=N–C) groups is 1. The molecule has 2 heterocycles. The van der Waals surface area contributed by atoms with Crippen molar-refractivity contribution < 1.29 is 0 Å². The molecule has 0 spiro atoms. The van der Waals surface area contributed by atoms with Gasteiger partial charge in [-0.15, -0.1) is 24.0 Å². The van der Waals surface area contributed by atoms with Crippen LogP contribution >= 0.6 is 24.0 Å². The molecule has 3 aromatic rings. The van der Waals surface area contributed by atoms with Gasteiger partial charge in [0.1, 0.15) is 17.5 Å². The molecule has 3 rings (SSSR count). The molecule has 0 aliphatic carbocycles. The van der Waals surface area contributed by atoms with E-state index in [0.29, 0.717) is 36.6 Å². The van der Waals surface area contributed by atoms with Gasteiger partial charge in [0.15, 0.2) is 5.96 Å². The number of hydrogen-bond donors (Lipinski definition) is 3. The maximum Gasteiger partial charge on any atom is 0.191 e. The van der Waals surface area contributed by atoms with E-state index in [-0.39, 0.29) is 24.0 Å². The molecule has 10 heteroatoms. The van der Waals surface area contributed by atoms with Crippen molar-refractivity contribution in [2.75, 3.05) is 25.4 Å². The maximum absolute atomic E-state index is 9.53. The van der Waals surface area contributed by atoms with E-state index < -0.39 is 0 Å². The van der Waals surface area contributed by atoms with Crippen molar-refractivity contribution in [3.63, 3.8) is 0 Å². The largest absolute Gasteiger partial charge is 0.382 e. The van der Waals surface area contributed by atoms with E-state index in [2.05, 4.69) is 31.9 Å². The van der Waals surface area contributed by atoms with Crippen LogP contribution in [-0.2, 0) is 13.0 Å². The molecule has 9 nitrogen and oxygen atoms in total. The van der Waals surface area contributed by atoms with Gasteiger partial charge in [0.05, 0.1) is 11.4 Å². The van der Waals surface area contributed by atoms with Crippen LogP contribution in [0.3, 0.4) is 0 Å². The first-order valence-corrected chi connectivity index (χ1v) is 10.6. The van der Waals surface area contributed by atoms with E-state index in [9.17, 15) is 5.26 Å². The normalized spacial score (nSPS) is 10.9. The molecule has 0 aliphatic heterocycles. The smallest absolute Gasteiger partial charge is 0.191 e. The summed E-state index contributed by atoms with van der Waals surface area (Å²) in [4.78, 5) is 4.61. The second kappa shape index (κ2) is 13.4. The van der Waals surface area contributed by atoms with E-state index in [1.807, 2.05) is 54.2 Å². The molecule has 0 atom stereocenters. The molecule has 1 aromatic carbocycles. The second-order valence-electron chi connectivity index (χ2n) is 6.98. The number of nitriles is 1. The van der Waals surface area contributed by atoms with E-state index in [0.717, 1.165) is 37.6 Å². The molecule has 0 radical (unpaired) electrons. The minimum Gasteiger partial charge on any atom is -0.382 e. The third-order valence-electron chi connectivity index (χ3n) is 4.71. The predicted octanol–water partition coefficient (Wildman–Crippen LogP) is 2.72. The van der Waals surface area contributed by atoms with Crippen LogP contribution in [0.5, 0.6) is 0 Å². The van der Waals surface area contributed by atoms with Crippen LogP contribution in [0.2, 0.25) is 0 Å². The Balaban J connectivity index is 0.00000363. The first kappa shape index (κ1) is 25.2. The van der Waals surface area contributed by atoms with E-state index in [4.69, 9.17) is 5.73 Å². The number of guanidine groups is 1. The SMILES string of the molecule is CCNC(=NCCCn1cccn1)NCCCc1nn(-c2ccccc2)c(N)c1C#N.I. The fourth-order valence-electron chi connectivity index (χ4n) is 3.20. The minimum atomic E-state index is 0. The van der Waals surface area contributed by atoms with Gasteiger partial charge in [-0.25, -0.2) is 4.68 Å². The number of aryl methyl sites for hydroxylation is 2. The zero-order valence-corrected chi connectivity index (χ0v) is 20.6. The summed E-state index contributed by atoms with van der Waals surface area (Å²) in [5.74, 6) is 1.17. The van der Waals surface area contributed by atoms with Gasteiger partial charge in [0.2, 0.25) is 0 Å². The van der Waals surface area contributed by atoms with Gasteiger partial charge in [-0.3, -0.25) is 9.67 Å². The zero-order chi connectivity index (χ0) is 21.9. The van der Waals surface area contributed by atoms with Gasteiger partial charge >= 0.3 is 0 Å². The summed E-state index contributed by atoms with van der Waals surface area (Å²) in [7, 11) is 0. The molecule has 4 N–H and O–H groups in total. The van der Waals surface area contributed by atoms with Crippen molar-refractivity contribution in [2.24, 2.45) is 4.99 Å². The second-order valence-corrected chi connectivity index (χ2v) is 6.98. The molecule has 0 bridgehead atoms. The van der Waals surface area contributed by atoms with Gasteiger partial charge in [0.25, 0.3) is 0 Å². The number of nitrogens with one attached hydrogen (secondary N) is 2. The van der Waals surface area contributed by atoms with Crippen molar-refractivity contribution in [1.29, 1.82) is 5.26 Å². The zero-order valence-electron chi connectivity index (χ0n) is 18.2. The van der Waals surface area contributed by atoms with Gasteiger partial charge in [-0.05, 0) is 44.4 Å². The molecular formula is C22H30IN9. The fraction of sp³-hybridized carbons (Fsp3) is 0.364. The Labute approximate surface area is 205 Å². The molecule has 170 valence electrons. The number of nitrogens with zero attached hydrogens (tertiary/aromatic N) is 6. The standard InChI is InChI=1S/C22H29N9.HI/c1-2-25-22(27-13-7-15-30-16-8-14-28-30)26-12-6-11-20-19(17-23)21(24)31(29-20)18-9-4-3-5-10-18;/h3-5,8-10,14,16H,2,6-7,11-13,15,24H2,1H3,(H2,25,26,27);1H. The highest BCUT2D eigenvalue weighted by molar-refractivity contribution is 14.0. The minimum absolute atomic E-state index is 0. The van der Waals surface area contributed by atoms with Gasteiger partial charge in [-0.2, -0.15) is 15.5 Å². The molecule has 32 heavy (non-hydrogen) atoms. The number of nitrogens with two attached hydrogens (primary N) is 1. The van der Waals surface area contributed by atoms with Crippen LogP contribution in [0.15, 0.2) is 53.8 Å². The number of benzene rings is 1. The Morgan fingerprint density at radius 1 is 1.19 bits per heavy atom. The third-order valence-corrected chi connectivity index (χ3v) is 4.71. The van der Waals surface area contributed by atoms with Crippen LogP contribution in [0.4, 0.5) is 5.82 Å². The van der Waals surface area contributed by atoms with Crippen molar-refractivity contribution in [3.8, 4) is 11.8 Å². The lowest BCUT2D eigenvalue weighted by Crippen LogP contribution is -2.38. The highest BCUT2D eigenvalue weighted by Gasteiger charge is 2.16. The van der Waals surface area contributed by atoms with Crippen LogP contribution < -0.4 is 16.4 Å². The Kier molecular flexibility index (Phi) is 10.5. The average Bonchev–Trinajstić information content (AvgIpc) is 3.42. The molecule has 0 unspecified atom stereocenters. The number of para-hydroxylation sites is 1.